The fourth-order valence-corrected chi connectivity index (χ4v) is 3.35. The van der Waals surface area contributed by atoms with Crippen LogP contribution >= 0.6 is 0 Å². The SMILES string of the molecule is Cc1cc2cc(C(=O)N(Cc3ccc(C(F)F)cn3)C(C)c3ncccn3)cnc2nc1N. The van der Waals surface area contributed by atoms with Gasteiger partial charge in [-0.1, -0.05) is 0 Å². The minimum atomic E-state index is -2.62. The zero-order valence-corrected chi connectivity index (χ0v) is 18.0. The molecule has 0 saturated carbocycles. The van der Waals surface area contributed by atoms with Crippen molar-refractivity contribution in [1.82, 2.24) is 29.8 Å². The number of halogens is 2. The number of anilines is 1. The number of rotatable bonds is 6. The normalized spacial score (nSPS) is 12.2. The topological polar surface area (TPSA) is 111 Å². The molecule has 4 aromatic rings. The molecule has 4 aromatic heterocycles. The molecular weight excluding hydrogens is 428 g/mol. The molecule has 1 atom stereocenters. The zero-order valence-electron chi connectivity index (χ0n) is 18.0. The Kier molecular flexibility index (Phi) is 6.16. The van der Waals surface area contributed by atoms with Crippen LogP contribution in [0, 0.1) is 6.92 Å². The van der Waals surface area contributed by atoms with Crippen LogP contribution in [0.2, 0.25) is 0 Å². The van der Waals surface area contributed by atoms with E-state index in [1.54, 1.807) is 31.5 Å². The highest BCUT2D eigenvalue weighted by atomic mass is 19.3. The van der Waals surface area contributed by atoms with Crippen LogP contribution in [0.3, 0.4) is 0 Å². The first-order chi connectivity index (χ1) is 15.8. The van der Waals surface area contributed by atoms with Gasteiger partial charge in [-0.05, 0) is 49.7 Å². The van der Waals surface area contributed by atoms with Crippen molar-refractivity contribution in [3.05, 3.63) is 83.3 Å². The molecule has 168 valence electrons. The Labute approximate surface area is 188 Å². The summed E-state index contributed by atoms with van der Waals surface area (Å²) < 4.78 is 25.8. The average Bonchev–Trinajstić information content (AvgIpc) is 2.83. The smallest absolute Gasteiger partial charge is 0.265 e. The maximum atomic E-state index is 13.6. The third-order valence-corrected chi connectivity index (χ3v) is 5.26. The highest BCUT2D eigenvalue weighted by Gasteiger charge is 2.26. The number of carbonyl (C=O) groups excluding carboxylic acids is 1. The van der Waals surface area contributed by atoms with Crippen molar-refractivity contribution in [3.63, 3.8) is 0 Å². The predicted octanol–water partition coefficient (Wildman–Crippen LogP) is 4.05. The Morgan fingerprint density at radius 2 is 1.85 bits per heavy atom. The number of aromatic nitrogens is 5. The Morgan fingerprint density at radius 1 is 1.09 bits per heavy atom. The molecule has 1 amide bonds. The van der Waals surface area contributed by atoms with E-state index in [4.69, 9.17) is 5.73 Å². The molecule has 0 aliphatic heterocycles. The van der Waals surface area contributed by atoms with Crippen LogP contribution in [-0.4, -0.2) is 35.7 Å². The second-order valence-electron chi connectivity index (χ2n) is 7.56. The van der Waals surface area contributed by atoms with Crippen LogP contribution in [0.15, 0.2) is 55.1 Å². The van der Waals surface area contributed by atoms with Crippen molar-refractivity contribution < 1.29 is 13.6 Å². The number of amides is 1. The minimum Gasteiger partial charge on any atom is -0.383 e. The summed E-state index contributed by atoms with van der Waals surface area (Å²) in [6, 6.07) is 7.46. The van der Waals surface area contributed by atoms with Gasteiger partial charge in [0, 0.05) is 35.7 Å². The molecule has 0 bridgehead atoms. The van der Waals surface area contributed by atoms with Gasteiger partial charge in [0.15, 0.2) is 5.65 Å². The maximum absolute atomic E-state index is 13.6. The summed E-state index contributed by atoms with van der Waals surface area (Å²) in [5, 5.41) is 0.676. The molecule has 0 fully saturated rings. The molecule has 8 nitrogen and oxygen atoms in total. The molecule has 4 rings (SSSR count). The standard InChI is InChI=1S/C23H21F2N7O/c1-13-8-16-9-17(11-30-22(16)31-20(13)26)23(33)32(14(2)21-27-6-3-7-28-21)12-18-5-4-15(10-29-18)19(24)25/h3-11,14,19H,12H2,1-2H3,(H2,26,30,31). The van der Waals surface area contributed by atoms with Gasteiger partial charge in [0.1, 0.15) is 11.6 Å². The summed E-state index contributed by atoms with van der Waals surface area (Å²) in [6.45, 7) is 3.69. The number of pyridine rings is 3. The van der Waals surface area contributed by atoms with Gasteiger partial charge in [-0.2, -0.15) is 0 Å². The second-order valence-corrected chi connectivity index (χ2v) is 7.56. The Morgan fingerprint density at radius 3 is 2.52 bits per heavy atom. The molecule has 0 radical (unpaired) electrons. The summed E-state index contributed by atoms with van der Waals surface area (Å²) in [4.78, 5) is 36.3. The number of carbonyl (C=O) groups is 1. The molecule has 0 aliphatic carbocycles. The molecular formula is C23H21F2N7O. The number of hydrogen-bond donors (Lipinski definition) is 1. The number of hydrogen-bond acceptors (Lipinski definition) is 7. The van der Waals surface area contributed by atoms with E-state index in [1.165, 1.54) is 23.2 Å². The lowest BCUT2D eigenvalue weighted by Crippen LogP contribution is -2.34. The number of alkyl halides is 2. The predicted molar refractivity (Wildman–Crippen MR) is 118 cm³/mol. The van der Waals surface area contributed by atoms with Crippen molar-refractivity contribution in [2.24, 2.45) is 0 Å². The van der Waals surface area contributed by atoms with Crippen LogP contribution in [0.1, 0.15) is 52.4 Å². The molecule has 2 N–H and O–H groups in total. The van der Waals surface area contributed by atoms with Crippen molar-refractivity contribution >= 4 is 22.8 Å². The zero-order chi connectivity index (χ0) is 23.5. The fourth-order valence-electron chi connectivity index (χ4n) is 3.35. The lowest BCUT2D eigenvalue weighted by molar-refractivity contribution is 0.0663. The van der Waals surface area contributed by atoms with E-state index in [0.717, 1.165) is 11.8 Å². The Bertz CT molecular complexity index is 1280. The highest BCUT2D eigenvalue weighted by Crippen LogP contribution is 2.24. The monoisotopic (exact) mass is 449 g/mol. The molecule has 10 heteroatoms. The third kappa shape index (κ3) is 4.74. The lowest BCUT2D eigenvalue weighted by Gasteiger charge is -2.28. The van der Waals surface area contributed by atoms with Crippen molar-refractivity contribution in [2.45, 2.75) is 32.9 Å². The Balaban J connectivity index is 1.70. The summed E-state index contributed by atoms with van der Waals surface area (Å²) in [7, 11) is 0. The van der Waals surface area contributed by atoms with E-state index in [9.17, 15) is 13.6 Å². The number of nitrogens with two attached hydrogens (primary N) is 1. The van der Waals surface area contributed by atoms with Crippen LogP contribution in [0.25, 0.3) is 11.0 Å². The maximum Gasteiger partial charge on any atom is 0.265 e. The van der Waals surface area contributed by atoms with E-state index in [2.05, 4.69) is 24.9 Å². The van der Waals surface area contributed by atoms with Crippen LogP contribution < -0.4 is 5.73 Å². The molecule has 0 aliphatic rings. The van der Waals surface area contributed by atoms with Gasteiger partial charge in [0.25, 0.3) is 12.3 Å². The largest absolute Gasteiger partial charge is 0.383 e. The van der Waals surface area contributed by atoms with Gasteiger partial charge in [-0.15, -0.1) is 0 Å². The van der Waals surface area contributed by atoms with Crippen molar-refractivity contribution in [2.75, 3.05) is 5.73 Å². The van der Waals surface area contributed by atoms with Gasteiger partial charge in [0.2, 0.25) is 0 Å². The summed E-state index contributed by atoms with van der Waals surface area (Å²) >= 11 is 0. The number of nitrogen functional groups attached to an aromatic ring is 1. The number of nitrogens with zero attached hydrogens (tertiary/aromatic N) is 6. The van der Waals surface area contributed by atoms with Gasteiger partial charge in [0.05, 0.1) is 23.8 Å². The molecule has 4 heterocycles. The molecule has 1 unspecified atom stereocenters. The van der Waals surface area contributed by atoms with Crippen molar-refractivity contribution in [3.8, 4) is 0 Å². The van der Waals surface area contributed by atoms with E-state index in [1.807, 2.05) is 13.0 Å². The van der Waals surface area contributed by atoms with E-state index in [-0.39, 0.29) is 18.0 Å². The van der Waals surface area contributed by atoms with Gasteiger partial charge in [-0.25, -0.2) is 28.7 Å². The minimum absolute atomic E-state index is 0.0683. The van der Waals surface area contributed by atoms with Gasteiger partial charge < -0.3 is 10.6 Å². The van der Waals surface area contributed by atoms with Gasteiger partial charge in [-0.3, -0.25) is 9.78 Å². The average molecular weight is 449 g/mol. The fraction of sp³-hybridized carbons (Fsp3) is 0.217. The van der Waals surface area contributed by atoms with E-state index >= 15 is 0 Å². The molecule has 0 spiro atoms. The van der Waals surface area contributed by atoms with Crippen molar-refractivity contribution in [1.29, 1.82) is 0 Å². The number of fused-ring (bicyclic) bond motifs is 1. The summed E-state index contributed by atoms with van der Waals surface area (Å²) in [6.07, 6.45) is 3.12. The second kappa shape index (κ2) is 9.19. The first kappa shape index (κ1) is 22.1. The summed E-state index contributed by atoms with van der Waals surface area (Å²) in [5.74, 6) is 0.483. The first-order valence-electron chi connectivity index (χ1n) is 10.2. The molecule has 0 saturated heterocycles. The van der Waals surface area contributed by atoms with Gasteiger partial charge >= 0.3 is 0 Å². The number of aryl methyl sites for hydroxylation is 1. The third-order valence-electron chi connectivity index (χ3n) is 5.26. The van der Waals surface area contributed by atoms with E-state index in [0.29, 0.717) is 33.9 Å². The molecule has 0 aromatic carbocycles. The van der Waals surface area contributed by atoms with E-state index < -0.39 is 12.5 Å². The Hall–Kier alpha value is -4.08. The van der Waals surface area contributed by atoms with Crippen LogP contribution in [0.4, 0.5) is 14.6 Å². The molecule has 33 heavy (non-hydrogen) atoms. The lowest BCUT2D eigenvalue weighted by atomic mass is 10.1. The van der Waals surface area contributed by atoms with Crippen LogP contribution in [0.5, 0.6) is 0 Å². The first-order valence-corrected chi connectivity index (χ1v) is 10.2. The van der Waals surface area contributed by atoms with Crippen LogP contribution in [-0.2, 0) is 6.54 Å². The summed E-state index contributed by atoms with van der Waals surface area (Å²) in [5.41, 5.74) is 7.67. The quantitative estimate of drug-likeness (QED) is 0.473. The highest BCUT2D eigenvalue weighted by molar-refractivity contribution is 5.97.